The maximum atomic E-state index is 13.8. The number of benzene rings is 4. The van der Waals surface area contributed by atoms with Gasteiger partial charge in [-0.3, -0.25) is 4.39 Å². The van der Waals surface area contributed by atoms with Gasteiger partial charge in [0.25, 0.3) is 0 Å². The summed E-state index contributed by atoms with van der Waals surface area (Å²) in [5.74, 6) is 4.26. The Morgan fingerprint density at radius 1 is 0.644 bits per heavy atom. The summed E-state index contributed by atoms with van der Waals surface area (Å²) < 4.78 is 46.4. The molecule has 10 nitrogen and oxygen atoms in total. The number of halogens is 1. The number of rotatable bonds is 17. The molecule has 0 unspecified atom stereocenters. The van der Waals surface area contributed by atoms with Crippen LogP contribution in [0.4, 0.5) is 4.39 Å². The molecule has 0 aliphatic rings. The molecule has 0 bridgehead atoms. The van der Waals surface area contributed by atoms with Gasteiger partial charge >= 0.3 is 23.9 Å². The van der Waals surface area contributed by atoms with Crippen molar-refractivity contribution in [1.29, 1.82) is 0 Å². The van der Waals surface area contributed by atoms with Gasteiger partial charge in [-0.2, -0.15) is 0 Å². The second-order valence-corrected chi connectivity index (χ2v) is 13.2. The van der Waals surface area contributed by atoms with Gasteiger partial charge in [-0.25, -0.2) is 19.2 Å². The average Bonchev–Trinajstić information content (AvgIpc) is 3.22. The van der Waals surface area contributed by atoms with Gasteiger partial charge in [0.15, 0.2) is 11.5 Å². The van der Waals surface area contributed by atoms with E-state index in [1.807, 2.05) is 36.4 Å². The predicted octanol–water partition coefficient (Wildman–Crippen LogP) is 9.71. The lowest BCUT2D eigenvalue weighted by molar-refractivity contribution is -0.145. The molecule has 0 N–H and O–H groups in total. The lowest BCUT2D eigenvalue weighted by atomic mass is 9.91. The van der Waals surface area contributed by atoms with Gasteiger partial charge in [0, 0.05) is 33.4 Å². The normalized spacial score (nSPS) is 10.4. The Balaban J connectivity index is 1.76. The van der Waals surface area contributed by atoms with Gasteiger partial charge in [0.05, 0.1) is 6.67 Å². The SMILES string of the molecule is C=C(C)C(=O)O/C=C/Oc1ccc(-c2ccc(-c3cc(OC(=O)C(=C)C)c(C#Cc4ccc(OCOC(=O)C(=C)C)cc4)c(OC(=O)C(=C)C)c3CCCF)cc2)cc1. The summed E-state index contributed by atoms with van der Waals surface area (Å²) in [6, 6.07) is 22.8. The largest absolute Gasteiger partial charge is 0.462 e. The number of ether oxygens (including phenoxy) is 6. The van der Waals surface area contributed by atoms with Crippen LogP contribution in [0.1, 0.15) is 50.8 Å². The highest BCUT2D eigenvalue weighted by molar-refractivity contribution is 5.92. The van der Waals surface area contributed by atoms with Gasteiger partial charge in [0.1, 0.15) is 29.6 Å². The van der Waals surface area contributed by atoms with Crippen LogP contribution in [0.3, 0.4) is 0 Å². The summed E-state index contributed by atoms with van der Waals surface area (Å²) >= 11 is 0. The number of esters is 4. The third-order valence-corrected chi connectivity index (χ3v) is 8.12. The molecule has 0 radical (unpaired) electrons. The average molecular weight is 799 g/mol. The first kappa shape index (κ1) is 44.3. The van der Waals surface area contributed by atoms with E-state index in [-0.39, 0.29) is 59.0 Å². The lowest BCUT2D eigenvalue weighted by Gasteiger charge is -2.20. The number of carbonyl (C=O) groups is 4. The number of carbonyl (C=O) groups excluding carboxylic acids is 4. The van der Waals surface area contributed by atoms with Crippen LogP contribution in [0, 0.1) is 11.8 Å². The van der Waals surface area contributed by atoms with Gasteiger partial charge in [-0.1, -0.05) is 74.6 Å². The maximum Gasteiger partial charge on any atom is 0.338 e. The van der Waals surface area contributed by atoms with E-state index in [1.165, 1.54) is 34.0 Å². The highest BCUT2D eigenvalue weighted by Gasteiger charge is 2.25. The third-order valence-electron chi connectivity index (χ3n) is 8.12. The first-order chi connectivity index (χ1) is 28.2. The van der Waals surface area contributed by atoms with Crippen LogP contribution in [0.25, 0.3) is 22.3 Å². The van der Waals surface area contributed by atoms with Crippen LogP contribution in [-0.2, 0) is 35.1 Å². The van der Waals surface area contributed by atoms with Crippen LogP contribution in [0.15, 0.2) is 140 Å². The molecule has 11 heteroatoms. The van der Waals surface area contributed by atoms with Crippen LogP contribution in [-0.4, -0.2) is 37.3 Å². The molecule has 4 aromatic rings. The van der Waals surface area contributed by atoms with E-state index in [4.69, 9.17) is 28.4 Å². The smallest absolute Gasteiger partial charge is 0.338 e. The molecule has 59 heavy (non-hydrogen) atoms. The van der Waals surface area contributed by atoms with E-state index in [1.54, 1.807) is 42.5 Å². The van der Waals surface area contributed by atoms with Crippen LogP contribution >= 0.6 is 0 Å². The summed E-state index contributed by atoms with van der Waals surface area (Å²) in [4.78, 5) is 49.4. The lowest BCUT2D eigenvalue weighted by Crippen LogP contribution is -2.15. The van der Waals surface area contributed by atoms with E-state index < -0.39 is 30.6 Å². The van der Waals surface area contributed by atoms with Gasteiger partial charge in [0.2, 0.25) is 6.79 Å². The van der Waals surface area contributed by atoms with Crippen molar-refractivity contribution in [3.05, 3.63) is 157 Å². The number of hydrogen-bond donors (Lipinski definition) is 0. The summed E-state index contributed by atoms with van der Waals surface area (Å²) in [6.45, 7) is 19.5. The molecule has 0 spiro atoms. The second-order valence-electron chi connectivity index (χ2n) is 13.2. The molecule has 0 aromatic heterocycles. The molecule has 0 saturated carbocycles. The summed E-state index contributed by atoms with van der Waals surface area (Å²) in [6.07, 6.45) is 2.60. The zero-order valence-electron chi connectivity index (χ0n) is 33.3. The van der Waals surface area contributed by atoms with Crippen molar-refractivity contribution in [2.75, 3.05) is 13.5 Å². The Morgan fingerprint density at radius 3 is 1.76 bits per heavy atom. The van der Waals surface area contributed by atoms with Crippen LogP contribution < -0.4 is 18.9 Å². The van der Waals surface area contributed by atoms with E-state index in [9.17, 15) is 23.6 Å². The quantitative estimate of drug-likeness (QED) is 0.0255. The first-order valence-corrected chi connectivity index (χ1v) is 18.2. The molecule has 4 rings (SSSR count). The fourth-order valence-corrected chi connectivity index (χ4v) is 5.01. The summed E-state index contributed by atoms with van der Waals surface area (Å²) in [7, 11) is 0. The van der Waals surface area contributed by atoms with Crippen molar-refractivity contribution in [1.82, 2.24) is 0 Å². The van der Waals surface area contributed by atoms with Crippen molar-refractivity contribution in [2.45, 2.75) is 40.5 Å². The molecule has 0 saturated heterocycles. The molecule has 302 valence electrons. The van der Waals surface area contributed by atoms with E-state index in [0.29, 0.717) is 33.8 Å². The third kappa shape index (κ3) is 12.8. The Morgan fingerprint density at radius 2 is 1.19 bits per heavy atom. The zero-order chi connectivity index (χ0) is 43.1. The van der Waals surface area contributed by atoms with Gasteiger partial charge in [-0.05, 0) is 105 Å². The fraction of sp³-hybridized carbons (Fsp3) is 0.167. The summed E-state index contributed by atoms with van der Waals surface area (Å²) in [5, 5.41) is 0. The standard InChI is InChI=1S/C48H43FO10/c1-30(2)45(50)55-27-26-54-38-22-18-36(19-23-38)35-14-16-37(17-15-35)42-28-43(58-47(52)32(5)6)41(44(40(42)10-9-25-49)59-48(53)33(7)8)24-13-34-11-20-39(21-12-34)56-29-57-46(51)31(3)4/h11-12,14-23,26-28H,1,3,5,7,9-10,25,29H2,2,4,6,8H3/b27-26+. The van der Waals surface area contributed by atoms with Crippen molar-refractivity contribution < 1.29 is 52.0 Å². The second kappa shape index (κ2) is 21.2. The Hall–Kier alpha value is -7.45. The number of alkyl halides is 1. The van der Waals surface area contributed by atoms with Crippen molar-refractivity contribution >= 4 is 23.9 Å². The highest BCUT2D eigenvalue weighted by Crippen LogP contribution is 2.42. The van der Waals surface area contributed by atoms with Crippen LogP contribution in [0.5, 0.6) is 23.0 Å². The van der Waals surface area contributed by atoms with Crippen molar-refractivity contribution in [2.24, 2.45) is 0 Å². The Kier molecular flexibility index (Phi) is 15.9. The van der Waals surface area contributed by atoms with E-state index in [2.05, 4.69) is 38.2 Å². The zero-order valence-corrected chi connectivity index (χ0v) is 33.3. The van der Waals surface area contributed by atoms with Gasteiger partial charge < -0.3 is 28.4 Å². The van der Waals surface area contributed by atoms with Crippen LogP contribution in [0.2, 0.25) is 0 Å². The molecule has 0 atom stereocenters. The first-order valence-electron chi connectivity index (χ1n) is 18.2. The molecule has 0 fully saturated rings. The molecule has 0 aliphatic heterocycles. The van der Waals surface area contributed by atoms with Crippen molar-refractivity contribution in [3.8, 4) is 57.1 Å². The maximum absolute atomic E-state index is 13.8. The molecule has 4 aromatic carbocycles. The molecule has 0 heterocycles. The Labute approximate surface area is 342 Å². The van der Waals surface area contributed by atoms with Crippen molar-refractivity contribution in [3.63, 3.8) is 0 Å². The minimum atomic E-state index is -0.760. The molecular weight excluding hydrogens is 756 g/mol. The minimum Gasteiger partial charge on any atom is -0.462 e. The predicted molar refractivity (Wildman–Crippen MR) is 222 cm³/mol. The minimum absolute atomic E-state index is 0.0108. The fourth-order valence-electron chi connectivity index (χ4n) is 5.01. The number of hydrogen-bond acceptors (Lipinski definition) is 10. The molecule has 0 aliphatic carbocycles. The Bertz CT molecular complexity index is 2360. The van der Waals surface area contributed by atoms with Gasteiger partial charge in [-0.15, -0.1) is 0 Å². The topological polar surface area (TPSA) is 124 Å². The highest BCUT2D eigenvalue weighted by atomic mass is 19.1. The monoisotopic (exact) mass is 798 g/mol. The molecule has 0 amide bonds. The molecular formula is C48H43FO10. The van der Waals surface area contributed by atoms with E-state index >= 15 is 0 Å². The summed E-state index contributed by atoms with van der Waals surface area (Å²) in [5.41, 5.74) is 4.63. The van der Waals surface area contributed by atoms with E-state index in [0.717, 1.165) is 17.4 Å².